The van der Waals surface area contributed by atoms with E-state index in [4.69, 9.17) is 0 Å². The molecule has 0 unspecified atom stereocenters. The zero-order chi connectivity index (χ0) is 89.1. The fourth-order valence-corrected chi connectivity index (χ4v) is 10.0. The van der Waals surface area contributed by atoms with Crippen LogP contribution in [0.15, 0.2) is 378 Å². The summed E-state index contributed by atoms with van der Waals surface area (Å²) in [6.45, 7) is 66.9. The van der Waals surface area contributed by atoms with Gasteiger partial charge in [0.25, 0.3) is 0 Å². The normalized spacial score (nSPS) is 11.6. The van der Waals surface area contributed by atoms with Crippen molar-refractivity contribution >= 4 is 126 Å². The van der Waals surface area contributed by atoms with Crippen molar-refractivity contribution in [1.82, 2.24) is 75.4 Å². The molecule has 0 saturated carbocycles. The number of rotatable bonds is 0. The van der Waals surface area contributed by atoms with Crippen LogP contribution in [0.4, 0.5) is 57.4 Å². The maximum Gasteiger partial charge on any atom is 0.181 e. The average Bonchev–Trinajstić information content (AvgIpc) is 1.88. The molecule has 11 aliphatic rings. The van der Waals surface area contributed by atoms with E-state index in [1.807, 2.05) is 129 Å². The van der Waals surface area contributed by atoms with E-state index in [0.717, 1.165) is 151 Å². The highest BCUT2D eigenvalue weighted by Crippen LogP contribution is 2.26. The first-order valence-electron chi connectivity index (χ1n) is 37.1. The minimum absolute atomic E-state index is 0.713. The fraction of sp³-hybridized carbons (Fsp3) is 0.116. The van der Waals surface area contributed by atoms with Gasteiger partial charge in [0.1, 0.15) is 18.3 Å². The SMILES string of the molecule is C1=NCc2ccccc21.C1=Nc2ccccc2C1.C1=Nc2cccnc2C1.C1=Nc2ccncc2C1.C1=Nc2cnccc2C1.C1=Nc2cncnc2C1.C1=Nc2cnncc2C1.C1=Nc2ncccc2C1.C1=Nc2nccnc2C1.C1=Nc2ncncc2C1.C1=Nc2nnncc2C1.C=C.C=C.C=C.C=C.C=C.C=C.C=C.C=C.C=C.C=C.C=C. The molecule has 616 valence electrons. The van der Waals surface area contributed by atoms with Gasteiger partial charge in [-0.3, -0.25) is 54.9 Å². The van der Waals surface area contributed by atoms with Gasteiger partial charge in [0.15, 0.2) is 23.3 Å². The van der Waals surface area contributed by atoms with Crippen molar-refractivity contribution in [2.45, 2.75) is 70.8 Å². The van der Waals surface area contributed by atoms with E-state index >= 15 is 0 Å². The Morgan fingerprint density at radius 2 is 0.620 bits per heavy atom. The molecule has 0 aliphatic carbocycles. The number of benzene rings is 2. The van der Waals surface area contributed by atoms with E-state index in [-0.39, 0.29) is 0 Å². The van der Waals surface area contributed by atoms with E-state index in [2.05, 4.69) is 299 Å². The van der Waals surface area contributed by atoms with Crippen molar-refractivity contribution in [3.05, 3.63) is 390 Å². The zero-order valence-corrected chi connectivity index (χ0v) is 69.1. The third-order valence-electron chi connectivity index (χ3n) is 15.1. The molecule has 26 heteroatoms. The number of hydrogen-bond acceptors (Lipinski definition) is 26. The summed E-state index contributed by atoms with van der Waals surface area (Å²) in [7, 11) is 0. The second kappa shape index (κ2) is 68.3. The van der Waals surface area contributed by atoms with Gasteiger partial charge in [-0.15, -0.1) is 155 Å². The lowest BCUT2D eigenvalue weighted by atomic mass is 10.1. The molecule has 0 bridgehead atoms. The van der Waals surface area contributed by atoms with Crippen molar-refractivity contribution in [3.63, 3.8) is 0 Å². The Morgan fingerprint density at radius 3 is 1.23 bits per heavy atom. The number of aromatic nitrogens is 15. The molecule has 0 spiro atoms. The van der Waals surface area contributed by atoms with Gasteiger partial charge in [-0.25, -0.2) is 49.9 Å². The van der Waals surface area contributed by atoms with E-state index in [1.165, 1.54) is 45.3 Å². The topological polar surface area (TPSA) is 329 Å². The summed E-state index contributed by atoms with van der Waals surface area (Å²) >= 11 is 0. The molecule has 0 saturated heterocycles. The van der Waals surface area contributed by atoms with Gasteiger partial charge in [0.05, 0.1) is 83.0 Å². The zero-order valence-electron chi connectivity index (χ0n) is 69.1. The highest BCUT2D eigenvalue weighted by atomic mass is 15.3. The molecule has 0 atom stereocenters. The van der Waals surface area contributed by atoms with E-state index < -0.39 is 0 Å². The lowest BCUT2D eigenvalue weighted by molar-refractivity contribution is 0.857. The number of para-hydroxylation sites is 1. The smallest absolute Gasteiger partial charge is 0.181 e. The Labute approximate surface area is 713 Å². The monoisotopic (exact) mass is 1610 g/mol. The Hall–Kier alpha value is -16.1. The first-order chi connectivity index (χ1) is 60.1. The van der Waals surface area contributed by atoms with Gasteiger partial charge in [-0.1, -0.05) is 48.5 Å². The Morgan fingerprint density at radius 1 is 0.223 bits per heavy atom. The summed E-state index contributed by atoms with van der Waals surface area (Å²) in [6.07, 6.45) is 55.6. The average molecular weight is 1610 g/mol. The number of nitrogens with zero attached hydrogens (tertiary/aromatic N) is 26. The summed E-state index contributed by atoms with van der Waals surface area (Å²) in [6, 6.07) is 28.3. The van der Waals surface area contributed by atoms with Crippen LogP contribution in [-0.4, -0.2) is 144 Å². The lowest BCUT2D eigenvalue weighted by Crippen LogP contribution is -1.87. The number of hydrogen-bond donors (Lipinski definition) is 0. The van der Waals surface area contributed by atoms with Crippen LogP contribution >= 0.6 is 0 Å². The standard InChI is InChI=1S/2C8H7N.4C7H6N2.4C6H5N3.C5H4N4.11C2H4/c1-2-4-8-6-9-5-7(8)3-1;1-2-4-8-7(3-1)5-6-9-8;1-4-9-7-2-3-8-5-6(1)7;1-3-8-5-7-6(1)2-4-9-7;1-2-6-7(8-4-1)3-5-9-6;1-2-6-3-5-9-7(6)8-4-1;1-2-8-6-3-7-4-9-5(1)6;1-2-8-6-5(1)3-7-4-9-6;1-2-7-6-4-9-8-3-5(1)6;1-2-8-6-5(1)7-3-4-9-6;1-2-6-5-4(1)3-7-9-8-5;11*1-2/h1-5H,6H2;1-4,6H,5H2;2-5H,1H2;1,3-5H,2H2;2*1-2,4-5H,3H2;4*2-4H,1H2;2-3H,1H2;11*1-2H2. The van der Waals surface area contributed by atoms with Crippen molar-refractivity contribution in [2.75, 3.05) is 0 Å². The van der Waals surface area contributed by atoms with Crippen LogP contribution in [0.1, 0.15) is 67.2 Å². The molecule has 22 rings (SSSR count). The molecule has 20 heterocycles. The second-order valence-corrected chi connectivity index (χ2v) is 21.7. The van der Waals surface area contributed by atoms with Gasteiger partial charge in [-0.2, -0.15) is 10.2 Å². The van der Waals surface area contributed by atoms with E-state index in [9.17, 15) is 0 Å². The van der Waals surface area contributed by atoms with Gasteiger partial charge < -0.3 is 0 Å². The van der Waals surface area contributed by atoms with Gasteiger partial charge >= 0.3 is 0 Å². The first kappa shape index (κ1) is 103. The second-order valence-electron chi connectivity index (χ2n) is 21.7. The molecule has 0 radical (unpaired) electrons. The first-order valence-corrected chi connectivity index (χ1v) is 37.1. The summed E-state index contributed by atoms with van der Waals surface area (Å²) in [5.74, 6) is 3.20. The number of fused-ring (bicyclic) bond motifs is 11. The molecule has 121 heavy (non-hydrogen) atoms. The van der Waals surface area contributed by atoms with Crippen molar-refractivity contribution in [2.24, 2.45) is 54.9 Å². The maximum absolute atomic E-state index is 4.17. The maximum atomic E-state index is 4.17. The van der Waals surface area contributed by atoms with Crippen LogP contribution in [0.5, 0.6) is 0 Å². The third-order valence-corrected chi connectivity index (χ3v) is 15.1. The quantitative estimate of drug-likeness (QED) is 0.127. The summed E-state index contributed by atoms with van der Waals surface area (Å²) in [4.78, 5) is 84.7. The van der Waals surface area contributed by atoms with Gasteiger partial charge in [0, 0.05) is 210 Å². The van der Waals surface area contributed by atoms with Crippen LogP contribution in [-0.2, 0) is 70.8 Å². The van der Waals surface area contributed by atoms with Crippen LogP contribution in [0, 0.1) is 0 Å². The molecule has 26 nitrogen and oxygen atoms in total. The Balaban J connectivity index is 0.000000650. The summed E-state index contributed by atoms with van der Waals surface area (Å²) in [5.41, 5.74) is 20.3. The molecule has 0 fully saturated rings. The largest absolute Gasteiger partial charge is 0.288 e. The predicted octanol–water partition coefficient (Wildman–Crippen LogP) is 20.8. The van der Waals surface area contributed by atoms with Crippen molar-refractivity contribution in [1.29, 1.82) is 0 Å². The summed E-state index contributed by atoms with van der Waals surface area (Å²) in [5, 5.41) is 18.2. The fourth-order valence-electron chi connectivity index (χ4n) is 10.0. The molecule has 0 amide bonds. The van der Waals surface area contributed by atoms with E-state index in [0.29, 0.717) is 5.82 Å². The minimum atomic E-state index is 0.713. The molecule has 0 N–H and O–H groups in total. The van der Waals surface area contributed by atoms with Crippen LogP contribution in [0.2, 0.25) is 0 Å². The highest BCUT2D eigenvalue weighted by molar-refractivity contribution is 5.84. The van der Waals surface area contributed by atoms with Crippen molar-refractivity contribution in [3.8, 4) is 0 Å². The molecular weight excluding hydrogens is 1510 g/mol. The van der Waals surface area contributed by atoms with Crippen LogP contribution in [0.25, 0.3) is 0 Å². The summed E-state index contributed by atoms with van der Waals surface area (Å²) < 4.78 is 0. The van der Waals surface area contributed by atoms with Gasteiger partial charge in [0.2, 0.25) is 0 Å². The lowest BCUT2D eigenvalue weighted by Gasteiger charge is -1.91. The van der Waals surface area contributed by atoms with Gasteiger partial charge in [-0.05, 0) is 63.9 Å². The Bertz CT molecular complexity index is 4030. The number of pyridine rings is 4. The van der Waals surface area contributed by atoms with Crippen molar-refractivity contribution < 1.29 is 0 Å². The molecular formula is C95H106N26. The Kier molecular flexibility index (Phi) is 58.1. The molecule has 11 aromatic rings. The van der Waals surface area contributed by atoms with Crippen LogP contribution < -0.4 is 0 Å². The minimum Gasteiger partial charge on any atom is -0.288 e. The molecule has 2 aromatic carbocycles. The molecule has 11 aliphatic heterocycles. The van der Waals surface area contributed by atoms with E-state index in [1.54, 1.807) is 86.9 Å². The molecule has 9 aromatic heterocycles. The number of aliphatic imine (C=N–C) groups is 11. The third kappa shape index (κ3) is 36.9. The van der Waals surface area contributed by atoms with Crippen LogP contribution in [0.3, 0.4) is 0 Å². The predicted molar refractivity (Wildman–Crippen MR) is 511 cm³/mol. The highest BCUT2D eigenvalue weighted by Gasteiger charge is 2.12.